The van der Waals surface area contributed by atoms with E-state index >= 15 is 0 Å². The maximum absolute atomic E-state index is 10.8. The zero-order valence-corrected chi connectivity index (χ0v) is 5.89. The normalized spacial score (nSPS) is 24.2. The molecule has 0 atom stereocenters. The Hall–Kier alpha value is -0.510. The Balaban J connectivity index is 2.87. The third-order valence-corrected chi connectivity index (χ3v) is 3.19. The molecule has 1 rings (SSSR count). The molecule has 0 spiro atoms. The summed E-state index contributed by atoms with van der Waals surface area (Å²) in [5.74, 6) is 0.277. The monoisotopic (exact) mass is 147 g/mol. The van der Waals surface area contributed by atoms with Crippen LogP contribution < -0.4 is 0 Å². The van der Waals surface area contributed by atoms with E-state index in [9.17, 15) is 8.42 Å². The molecule has 0 bridgehead atoms. The molecular weight excluding hydrogens is 138 g/mol. The van der Waals surface area contributed by atoms with Gasteiger partial charge in [0.25, 0.3) is 0 Å². The third-order valence-electron chi connectivity index (χ3n) is 1.34. The molecule has 0 N–H and O–H groups in total. The Morgan fingerprint density at radius 2 is 2.22 bits per heavy atom. The number of sulfonamides is 1. The van der Waals surface area contributed by atoms with E-state index < -0.39 is 10.0 Å². The zero-order chi connectivity index (χ0) is 6.91. The van der Waals surface area contributed by atoms with Crippen molar-refractivity contribution < 1.29 is 8.42 Å². The van der Waals surface area contributed by atoms with Gasteiger partial charge in [-0.3, -0.25) is 4.31 Å². The highest BCUT2D eigenvalue weighted by molar-refractivity contribution is 7.89. The number of hydrogen-bond donors (Lipinski definition) is 0. The minimum absolute atomic E-state index is 0.277. The van der Waals surface area contributed by atoms with E-state index in [-0.39, 0.29) is 5.75 Å². The van der Waals surface area contributed by atoms with Crippen molar-refractivity contribution in [3.05, 3.63) is 12.8 Å². The highest BCUT2D eigenvalue weighted by Gasteiger charge is 2.23. The van der Waals surface area contributed by atoms with Crippen molar-refractivity contribution in [1.29, 1.82) is 0 Å². The van der Waals surface area contributed by atoms with Crippen LogP contribution in [0.5, 0.6) is 0 Å². The van der Waals surface area contributed by atoms with E-state index in [1.54, 1.807) is 0 Å². The molecule has 0 aromatic heterocycles. The largest absolute Gasteiger partial charge is 0.278 e. The quantitative estimate of drug-likeness (QED) is 0.530. The minimum Gasteiger partial charge on any atom is -0.278 e. The summed E-state index contributed by atoms with van der Waals surface area (Å²) in [6, 6.07) is 0. The maximum Gasteiger partial charge on any atom is 0.234 e. The van der Waals surface area contributed by atoms with Gasteiger partial charge >= 0.3 is 0 Å². The van der Waals surface area contributed by atoms with Gasteiger partial charge in [-0.25, -0.2) is 8.42 Å². The highest BCUT2D eigenvalue weighted by Crippen LogP contribution is 2.11. The molecule has 1 aliphatic heterocycles. The standard InChI is InChI=1S/C5H9NO2S/c1-2-6-4-3-5-9(6,7)8/h2H,1,3-5H2. The zero-order valence-electron chi connectivity index (χ0n) is 5.08. The van der Waals surface area contributed by atoms with Gasteiger partial charge in [0.1, 0.15) is 0 Å². The van der Waals surface area contributed by atoms with Crippen LogP contribution in [0.3, 0.4) is 0 Å². The van der Waals surface area contributed by atoms with Gasteiger partial charge in [-0.15, -0.1) is 0 Å². The lowest BCUT2D eigenvalue weighted by atomic mass is 10.5. The average molecular weight is 147 g/mol. The van der Waals surface area contributed by atoms with Crippen LogP contribution in [-0.4, -0.2) is 25.0 Å². The second kappa shape index (κ2) is 2.02. The van der Waals surface area contributed by atoms with Crippen LogP contribution in [0.4, 0.5) is 0 Å². The van der Waals surface area contributed by atoms with Crippen LogP contribution >= 0.6 is 0 Å². The van der Waals surface area contributed by atoms with Crippen molar-refractivity contribution in [3.63, 3.8) is 0 Å². The Labute approximate surface area is 55.0 Å². The van der Waals surface area contributed by atoms with E-state index in [4.69, 9.17) is 0 Å². The molecule has 3 nitrogen and oxygen atoms in total. The summed E-state index contributed by atoms with van der Waals surface area (Å²) in [5, 5.41) is 0. The number of rotatable bonds is 1. The molecule has 1 fully saturated rings. The summed E-state index contributed by atoms with van der Waals surface area (Å²) in [5.41, 5.74) is 0. The molecule has 0 aliphatic carbocycles. The smallest absolute Gasteiger partial charge is 0.234 e. The van der Waals surface area contributed by atoms with Crippen LogP contribution in [0.2, 0.25) is 0 Å². The molecule has 0 amide bonds. The molecule has 1 aliphatic rings. The van der Waals surface area contributed by atoms with Gasteiger partial charge < -0.3 is 0 Å². The van der Waals surface area contributed by atoms with E-state index in [0.29, 0.717) is 6.54 Å². The van der Waals surface area contributed by atoms with Crippen LogP contribution in [0.15, 0.2) is 12.8 Å². The molecular formula is C5H9NO2S. The third kappa shape index (κ3) is 1.08. The Kier molecular flexibility index (Phi) is 1.48. The fourth-order valence-electron chi connectivity index (χ4n) is 0.864. The molecule has 0 unspecified atom stereocenters. The molecule has 1 saturated heterocycles. The summed E-state index contributed by atoms with van der Waals surface area (Å²) in [6.45, 7) is 3.99. The van der Waals surface area contributed by atoms with Gasteiger partial charge in [0, 0.05) is 12.7 Å². The molecule has 9 heavy (non-hydrogen) atoms. The van der Waals surface area contributed by atoms with Crippen molar-refractivity contribution in [2.24, 2.45) is 0 Å². The lowest BCUT2D eigenvalue weighted by Gasteiger charge is -2.07. The summed E-state index contributed by atoms with van der Waals surface area (Å²) in [4.78, 5) is 0. The number of hydrogen-bond acceptors (Lipinski definition) is 2. The molecule has 0 radical (unpaired) electrons. The summed E-state index contributed by atoms with van der Waals surface area (Å²) in [7, 11) is -2.92. The van der Waals surface area contributed by atoms with E-state index in [0.717, 1.165) is 6.42 Å². The van der Waals surface area contributed by atoms with Gasteiger partial charge in [-0.1, -0.05) is 6.58 Å². The van der Waals surface area contributed by atoms with Crippen LogP contribution in [0.1, 0.15) is 6.42 Å². The van der Waals surface area contributed by atoms with E-state index in [1.165, 1.54) is 10.5 Å². The summed E-state index contributed by atoms with van der Waals surface area (Å²) >= 11 is 0. The second-order valence-corrected chi connectivity index (χ2v) is 4.00. The molecule has 0 aromatic carbocycles. The highest BCUT2D eigenvalue weighted by atomic mass is 32.2. The molecule has 0 aromatic rings. The molecule has 1 heterocycles. The maximum atomic E-state index is 10.8. The fraction of sp³-hybridized carbons (Fsp3) is 0.600. The Bertz CT molecular complexity index is 207. The first-order valence-electron chi connectivity index (χ1n) is 2.79. The summed E-state index contributed by atoms with van der Waals surface area (Å²) < 4.78 is 23.0. The Morgan fingerprint density at radius 3 is 2.44 bits per heavy atom. The van der Waals surface area contributed by atoms with Crippen molar-refractivity contribution in [3.8, 4) is 0 Å². The van der Waals surface area contributed by atoms with Gasteiger partial charge in [-0.2, -0.15) is 0 Å². The average Bonchev–Trinajstić information content (AvgIpc) is 2.08. The van der Waals surface area contributed by atoms with Crippen molar-refractivity contribution >= 4 is 10.0 Å². The van der Waals surface area contributed by atoms with Crippen LogP contribution in [0, 0.1) is 0 Å². The van der Waals surface area contributed by atoms with Crippen molar-refractivity contribution in [1.82, 2.24) is 4.31 Å². The summed E-state index contributed by atoms with van der Waals surface area (Å²) in [6.07, 6.45) is 2.09. The molecule has 52 valence electrons. The second-order valence-electron chi connectivity index (χ2n) is 1.96. The van der Waals surface area contributed by atoms with Crippen molar-refractivity contribution in [2.45, 2.75) is 6.42 Å². The lowest BCUT2D eigenvalue weighted by Crippen LogP contribution is -2.18. The minimum atomic E-state index is -2.92. The van der Waals surface area contributed by atoms with Crippen molar-refractivity contribution in [2.75, 3.05) is 12.3 Å². The Morgan fingerprint density at radius 1 is 1.56 bits per heavy atom. The first-order valence-corrected chi connectivity index (χ1v) is 4.40. The number of nitrogens with zero attached hydrogens (tertiary/aromatic N) is 1. The first-order chi connectivity index (χ1) is 4.17. The lowest BCUT2D eigenvalue weighted by molar-refractivity contribution is 0.534. The first kappa shape index (κ1) is 6.61. The van der Waals surface area contributed by atoms with E-state index in [1.807, 2.05) is 0 Å². The van der Waals surface area contributed by atoms with Crippen LogP contribution in [-0.2, 0) is 10.0 Å². The van der Waals surface area contributed by atoms with E-state index in [2.05, 4.69) is 6.58 Å². The van der Waals surface area contributed by atoms with Crippen LogP contribution in [0.25, 0.3) is 0 Å². The van der Waals surface area contributed by atoms with Gasteiger partial charge in [0.2, 0.25) is 10.0 Å². The van der Waals surface area contributed by atoms with Gasteiger partial charge in [-0.05, 0) is 6.42 Å². The van der Waals surface area contributed by atoms with Gasteiger partial charge in [0.05, 0.1) is 5.75 Å². The predicted molar refractivity (Wildman–Crippen MR) is 35.3 cm³/mol. The fourth-order valence-corrected chi connectivity index (χ4v) is 2.23. The van der Waals surface area contributed by atoms with Gasteiger partial charge in [0.15, 0.2) is 0 Å². The SMILES string of the molecule is C=CN1CCCS1(=O)=O. The topological polar surface area (TPSA) is 37.4 Å². The molecule has 0 saturated carbocycles. The molecule has 4 heteroatoms. The predicted octanol–water partition coefficient (Wildman–Crippen LogP) is 0.165.